The third kappa shape index (κ3) is 5.38. The molecule has 3 amide bonds. The highest BCUT2D eigenvalue weighted by Crippen LogP contribution is 2.16. The average molecular weight is 376 g/mol. The van der Waals surface area contributed by atoms with E-state index in [1.807, 2.05) is 0 Å². The summed E-state index contributed by atoms with van der Waals surface area (Å²) in [5, 5.41) is 9.17. The largest absolute Gasteiger partial charge is 0.451 e. The van der Waals surface area contributed by atoms with Crippen molar-refractivity contribution in [3.63, 3.8) is 0 Å². The second-order valence-electron chi connectivity index (χ2n) is 5.00. The monoisotopic (exact) mass is 376 g/mol. The molecule has 1 aromatic carbocycles. The van der Waals surface area contributed by atoms with Crippen LogP contribution in [0.15, 0.2) is 29.6 Å². The van der Waals surface area contributed by atoms with Gasteiger partial charge in [-0.2, -0.15) is 0 Å². The Labute approximate surface area is 152 Å². The van der Waals surface area contributed by atoms with Crippen molar-refractivity contribution >= 4 is 45.8 Å². The lowest BCUT2D eigenvalue weighted by Gasteiger charge is -2.06. The lowest BCUT2D eigenvalue weighted by Crippen LogP contribution is -2.21. The molecule has 9 nitrogen and oxygen atoms in total. The molecule has 0 atom stereocenters. The normalized spacial score (nSPS) is 9.92. The predicted octanol–water partition coefficient (Wildman–Crippen LogP) is 1.26. The minimum absolute atomic E-state index is 0.00137. The lowest BCUT2D eigenvalue weighted by atomic mass is 10.2. The van der Waals surface area contributed by atoms with Gasteiger partial charge in [0.25, 0.3) is 11.8 Å². The molecule has 2 rings (SSSR count). The third-order valence-electron chi connectivity index (χ3n) is 2.99. The van der Waals surface area contributed by atoms with Crippen molar-refractivity contribution in [1.82, 2.24) is 10.3 Å². The zero-order chi connectivity index (χ0) is 19.1. The summed E-state index contributed by atoms with van der Waals surface area (Å²) in [7, 11) is 1.52. The van der Waals surface area contributed by atoms with E-state index >= 15 is 0 Å². The number of rotatable bonds is 6. The Morgan fingerprint density at radius 3 is 2.42 bits per heavy atom. The van der Waals surface area contributed by atoms with Crippen LogP contribution in [-0.4, -0.2) is 42.3 Å². The summed E-state index contributed by atoms with van der Waals surface area (Å²) in [6, 6.07) is 6.23. The summed E-state index contributed by atoms with van der Waals surface area (Å²) >= 11 is 1.07. The molecular weight excluding hydrogens is 360 g/mol. The first-order valence-electron chi connectivity index (χ1n) is 7.41. The van der Waals surface area contributed by atoms with E-state index in [2.05, 4.69) is 20.9 Å². The van der Waals surface area contributed by atoms with E-state index in [9.17, 15) is 19.2 Å². The van der Waals surface area contributed by atoms with Gasteiger partial charge in [0.2, 0.25) is 5.91 Å². The number of ether oxygens (including phenoxy) is 1. The van der Waals surface area contributed by atoms with E-state index < -0.39 is 18.5 Å². The van der Waals surface area contributed by atoms with Crippen molar-refractivity contribution in [2.45, 2.75) is 6.92 Å². The van der Waals surface area contributed by atoms with Crippen molar-refractivity contribution in [2.24, 2.45) is 0 Å². The third-order valence-corrected chi connectivity index (χ3v) is 3.75. The molecule has 26 heavy (non-hydrogen) atoms. The summed E-state index contributed by atoms with van der Waals surface area (Å²) in [6.45, 7) is 0.827. The highest BCUT2D eigenvalue weighted by atomic mass is 32.1. The number of nitrogens with zero attached hydrogens (tertiary/aromatic N) is 1. The van der Waals surface area contributed by atoms with Crippen LogP contribution < -0.4 is 16.0 Å². The maximum atomic E-state index is 11.8. The fourth-order valence-corrected chi connectivity index (χ4v) is 2.55. The van der Waals surface area contributed by atoms with Gasteiger partial charge in [0.05, 0.1) is 0 Å². The number of thiazole rings is 1. The molecule has 0 spiro atoms. The number of amides is 3. The Bertz CT molecular complexity index is 831. The zero-order valence-electron chi connectivity index (χ0n) is 14.0. The summed E-state index contributed by atoms with van der Waals surface area (Å²) in [5.41, 5.74) is 0.914. The molecule has 136 valence electrons. The first-order chi connectivity index (χ1) is 12.4. The summed E-state index contributed by atoms with van der Waals surface area (Å²) in [6.07, 6.45) is 0. The van der Waals surface area contributed by atoms with Crippen molar-refractivity contribution in [1.29, 1.82) is 0 Å². The minimum Gasteiger partial charge on any atom is -0.451 e. The van der Waals surface area contributed by atoms with Crippen LogP contribution in [0.25, 0.3) is 0 Å². The highest BCUT2D eigenvalue weighted by molar-refractivity contribution is 7.14. The zero-order valence-corrected chi connectivity index (χ0v) is 14.8. The second kappa shape index (κ2) is 8.72. The highest BCUT2D eigenvalue weighted by Gasteiger charge is 2.15. The van der Waals surface area contributed by atoms with Gasteiger partial charge in [0.15, 0.2) is 17.4 Å². The SMILES string of the molecule is CNC(=O)c1ccc(NC(=O)COC(=O)c2csc(NC(C)=O)n2)cc1. The van der Waals surface area contributed by atoms with E-state index in [1.54, 1.807) is 24.3 Å². The fourth-order valence-electron chi connectivity index (χ4n) is 1.83. The van der Waals surface area contributed by atoms with Gasteiger partial charge in [0, 0.05) is 30.6 Å². The van der Waals surface area contributed by atoms with Gasteiger partial charge in [-0.05, 0) is 24.3 Å². The maximum Gasteiger partial charge on any atom is 0.358 e. The van der Waals surface area contributed by atoms with E-state index in [0.717, 1.165) is 11.3 Å². The Balaban J connectivity index is 1.84. The lowest BCUT2D eigenvalue weighted by molar-refractivity contribution is -0.119. The summed E-state index contributed by atoms with van der Waals surface area (Å²) < 4.78 is 4.88. The van der Waals surface area contributed by atoms with Crippen LogP contribution in [0.5, 0.6) is 0 Å². The Morgan fingerprint density at radius 1 is 1.12 bits per heavy atom. The fraction of sp³-hybridized carbons (Fsp3) is 0.188. The number of nitrogens with one attached hydrogen (secondary N) is 3. The molecule has 0 saturated carbocycles. The molecule has 1 heterocycles. The molecule has 0 saturated heterocycles. The smallest absolute Gasteiger partial charge is 0.358 e. The number of hydrogen-bond acceptors (Lipinski definition) is 7. The van der Waals surface area contributed by atoms with Crippen LogP contribution in [0, 0.1) is 0 Å². The van der Waals surface area contributed by atoms with Crippen LogP contribution in [0.4, 0.5) is 10.8 Å². The van der Waals surface area contributed by atoms with Gasteiger partial charge in [-0.3, -0.25) is 14.4 Å². The van der Waals surface area contributed by atoms with Gasteiger partial charge in [-0.15, -0.1) is 11.3 Å². The molecule has 0 aliphatic rings. The van der Waals surface area contributed by atoms with Gasteiger partial charge < -0.3 is 20.7 Å². The standard InChI is InChI=1S/C16H16N4O5S/c1-9(21)18-16-20-12(8-26-16)15(24)25-7-13(22)19-11-5-3-10(4-6-11)14(23)17-2/h3-6,8H,7H2,1-2H3,(H,17,23)(H,19,22)(H,18,20,21). The van der Waals surface area contributed by atoms with Gasteiger partial charge in [-0.1, -0.05) is 0 Å². The van der Waals surface area contributed by atoms with E-state index in [-0.39, 0.29) is 22.6 Å². The van der Waals surface area contributed by atoms with Crippen LogP contribution in [0.1, 0.15) is 27.8 Å². The number of carbonyl (C=O) groups is 4. The molecule has 2 aromatic rings. The molecule has 0 aliphatic heterocycles. The van der Waals surface area contributed by atoms with Gasteiger partial charge in [-0.25, -0.2) is 9.78 Å². The molecule has 3 N–H and O–H groups in total. The molecule has 0 radical (unpaired) electrons. The number of esters is 1. The van der Waals surface area contributed by atoms with Crippen LogP contribution in [0.2, 0.25) is 0 Å². The first kappa shape index (κ1) is 19.1. The van der Waals surface area contributed by atoms with Gasteiger partial charge >= 0.3 is 5.97 Å². The molecular formula is C16H16N4O5S. The molecule has 0 aliphatic carbocycles. The Hall–Kier alpha value is -3.27. The first-order valence-corrected chi connectivity index (χ1v) is 8.29. The maximum absolute atomic E-state index is 11.8. The number of benzene rings is 1. The molecule has 10 heteroatoms. The minimum atomic E-state index is -0.775. The number of hydrogen-bond donors (Lipinski definition) is 3. The molecule has 0 fully saturated rings. The van der Waals surface area contributed by atoms with Crippen molar-refractivity contribution in [3.05, 3.63) is 40.9 Å². The van der Waals surface area contributed by atoms with Crippen LogP contribution in [-0.2, 0) is 14.3 Å². The van der Waals surface area contributed by atoms with E-state index in [1.165, 1.54) is 19.4 Å². The average Bonchev–Trinajstić information content (AvgIpc) is 3.07. The van der Waals surface area contributed by atoms with Gasteiger partial charge in [0.1, 0.15) is 0 Å². The Kier molecular flexibility index (Phi) is 6.39. The van der Waals surface area contributed by atoms with Crippen LogP contribution in [0.3, 0.4) is 0 Å². The topological polar surface area (TPSA) is 126 Å². The van der Waals surface area contributed by atoms with Crippen molar-refractivity contribution in [3.8, 4) is 0 Å². The number of anilines is 2. The van der Waals surface area contributed by atoms with Crippen LogP contribution >= 0.6 is 11.3 Å². The summed E-state index contributed by atoms with van der Waals surface area (Å²) in [4.78, 5) is 49.9. The molecule has 0 bridgehead atoms. The predicted molar refractivity (Wildman–Crippen MR) is 95.2 cm³/mol. The molecule has 0 unspecified atom stereocenters. The Morgan fingerprint density at radius 2 is 1.81 bits per heavy atom. The number of carbonyl (C=O) groups excluding carboxylic acids is 4. The van der Waals surface area contributed by atoms with E-state index in [4.69, 9.17) is 4.74 Å². The molecule has 1 aromatic heterocycles. The summed E-state index contributed by atoms with van der Waals surface area (Å²) in [5.74, 6) is -1.86. The number of aromatic nitrogens is 1. The second-order valence-corrected chi connectivity index (χ2v) is 5.86. The van der Waals surface area contributed by atoms with Crippen molar-refractivity contribution in [2.75, 3.05) is 24.3 Å². The van der Waals surface area contributed by atoms with E-state index in [0.29, 0.717) is 11.3 Å². The quantitative estimate of drug-likeness (QED) is 0.652. The van der Waals surface area contributed by atoms with Crippen molar-refractivity contribution < 1.29 is 23.9 Å².